The Morgan fingerprint density at radius 1 is 1.42 bits per heavy atom. The van der Waals surface area contributed by atoms with Crippen LogP contribution in [0.5, 0.6) is 0 Å². The number of hydrogen-bond acceptors (Lipinski definition) is 3. The Balaban J connectivity index is 2.24. The molecule has 2 heterocycles. The number of rotatable bonds is 3. The van der Waals surface area contributed by atoms with Crippen LogP contribution in [0.4, 0.5) is 13.2 Å². The van der Waals surface area contributed by atoms with E-state index < -0.39 is 28.7 Å². The normalized spacial score (nSPS) is 22.0. The van der Waals surface area contributed by atoms with E-state index in [1.165, 1.54) is 6.07 Å². The summed E-state index contributed by atoms with van der Waals surface area (Å²) < 4.78 is 63.6. The lowest BCUT2D eigenvalue weighted by molar-refractivity contribution is -0.142. The molecule has 9 heteroatoms. The van der Waals surface area contributed by atoms with Crippen molar-refractivity contribution in [3.63, 3.8) is 0 Å². The van der Waals surface area contributed by atoms with Crippen LogP contribution in [0.2, 0.25) is 0 Å². The van der Waals surface area contributed by atoms with Crippen molar-refractivity contribution in [2.45, 2.75) is 35.7 Å². The van der Waals surface area contributed by atoms with Crippen molar-refractivity contribution in [3.8, 4) is 0 Å². The van der Waals surface area contributed by atoms with Gasteiger partial charge >= 0.3 is 6.18 Å². The highest BCUT2D eigenvalue weighted by Gasteiger charge is 2.42. The SMILES string of the molecule is O=S(=O)(c1ccc(Br)s1)N1CCCC1CC(F)(F)F. The summed E-state index contributed by atoms with van der Waals surface area (Å²) in [5, 5.41) is 0. The van der Waals surface area contributed by atoms with E-state index in [4.69, 9.17) is 0 Å². The molecular formula is C10H11BrF3NO2S2. The molecule has 1 aromatic heterocycles. The third kappa shape index (κ3) is 3.50. The molecule has 1 aliphatic rings. The van der Waals surface area contributed by atoms with Gasteiger partial charge in [0.1, 0.15) is 4.21 Å². The van der Waals surface area contributed by atoms with Crippen molar-refractivity contribution < 1.29 is 21.6 Å². The smallest absolute Gasteiger partial charge is 0.206 e. The summed E-state index contributed by atoms with van der Waals surface area (Å²) in [5.74, 6) is 0. The van der Waals surface area contributed by atoms with E-state index in [0.29, 0.717) is 10.2 Å². The van der Waals surface area contributed by atoms with Crippen LogP contribution < -0.4 is 0 Å². The van der Waals surface area contributed by atoms with Gasteiger partial charge in [-0.2, -0.15) is 17.5 Å². The fraction of sp³-hybridized carbons (Fsp3) is 0.600. The van der Waals surface area contributed by atoms with Crippen LogP contribution in [-0.2, 0) is 10.0 Å². The Bertz CT molecular complexity index is 555. The Labute approximate surface area is 121 Å². The summed E-state index contributed by atoms with van der Waals surface area (Å²) >= 11 is 4.16. The van der Waals surface area contributed by atoms with Crippen LogP contribution in [0.1, 0.15) is 19.3 Å². The predicted molar refractivity (Wildman–Crippen MR) is 69.6 cm³/mol. The van der Waals surface area contributed by atoms with E-state index in [1.807, 2.05) is 0 Å². The van der Waals surface area contributed by atoms with Gasteiger partial charge in [0, 0.05) is 12.6 Å². The van der Waals surface area contributed by atoms with Gasteiger partial charge < -0.3 is 0 Å². The molecule has 1 fully saturated rings. The van der Waals surface area contributed by atoms with Crippen LogP contribution in [0.25, 0.3) is 0 Å². The molecular weight excluding hydrogens is 367 g/mol. The largest absolute Gasteiger partial charge is 0.390 e. The van der Waals surface area contributed by atoms with Crippen LogP contribution in [0.15, 0.2) is 20.1 Å². The summed E-state index contributed by atoms with van der Waals surface area (Å²) in [6.07, 6.45) is -4.71. The molecule has 2 rings (SSSR count). The van der Waals surface area contributed by atoms with Gasteiger partial charge in [-0.3, -0.25) is 0 Å². The molecule has 108 valence electrons. The van der Waals surface area contributed by atoms with E-state index in [-0.39, 0.29) is 17.2 Å². The van der Waals surface area contributed by atoms with Crippen molar-refractivity contribution in [1.82, 2.24) is 4.31 Å². The maximum absolute atomic E-state index is 12.4. The molecule has 1 aliphatic heterocycles. The fourth-order valence-electron chi connectivity index (χ4n) is 2.15. The minimum Gasteiger partial charge on any atom is -0.206 e. The highest BCUT2D eigenvalue weighted by atomic mass is 79.9. The molecule has 0 N–H and O–H groups in total. The number of sulfonamides is 1. The molecule has 0 amide bonds. The summed E-state index contributed by atoms with van der Waals surface area (Å²) in [5.41, 5.74) is 0. The van der Waals surface area contributed by atoms with Crippen LogP contribution in [-0.4, -0.2) is 31.5 Å². The third-order valence-electron chi connectivity index (χ3n) is 2.90. The van der Waals surface area contributed by atoms with Gasteiger partial charge in [-0.1, -0.05) is 0 Å². The molecule has 0 bridgehead atoms. The van der Waals surface area contributed by atoms with Gasteiger partial charge in [0.05, 0.1) is 10.2 Å². The number of alkyl halides is 3. The first-order chi connectivity index (χ1) is 8.70. The standard InChI is InChI=1S/C10H11BrF3NO2S2/c11-8-3-4-9(18-8)19(16,17)15-5-1-2-7(15)6-10(12,13)14/h3-4,7H,1-2,5-6H2. The van der Waals surface area contributed by atoms with Gasteiger partial charge in [-0.25, -0.2) is 8.42 Å². The Morgan fingerprint density at radius 2 is 2.11 bits per heavy atom. The van der Waals surface area contributed by atoms with Gasteiger partial charge in [0.2, 0.25) is 0 Å². The monoisotopic (exact) mass is 377 g/mol. The van der Waals surface area contributed by atoms with Gasteiger partial charge in [0.15, 0.2) is 0 Å². The van der Waals surface area contributed by atoms with Crippen molar-refractivity contribution in [2.75, 3.05) is 6.54 Å². The Kier molecular flexibility index (Phi) is 4.29. The molecule has 0 radical (unpaired) electrons. The van der Waals surface area contributed by atoms with E-state index in [0.717, 1.165) is 15.6 Å². The van der Waals surface area contributed by atoms with Crippen LogP contribution >= 0.6 is 27.3 Å². The van der Waals surface area contributed by atoms with Gasteiger partial charge in [-0.15, -0.1) is 11.3 Å². The second-order valence-corrected chi connectivity index (χ2v) is 8.87. The first kappa shape index (κ1) is 15.3. The summed E-state index contributed by atoms with van der Waals surface area (Å²) in [4.78, 5) is 0. The summed E-state index contributed by atoms with van der Waals surface area (Å²) in [7, 11) is -3.82. The molecule has 1 unspecified atom stereocenters. The van der Waals surface area contributed by atoms with Crippen molar-refractivity contribution in [2.24, 2.45) is 0 Å². The number of thiophene rings is 1. The Morgan fingerprint density at radius 3 is 2.63 bits per heavy atom. The van der Waals surface area contributed by atoms with Crippen LogP contribution in [0.3, 0.4) is 0 Å². The second-order valence-electron chi connectivity index (χ2n) is 4.29. The summed E-state index contributed by atoms with van der Waals surface area (Å²) in [6.45, 7) is 0.151. The maximum atomic E-state index is 12.4. The molecule has 0 aliphatic carbocycles. The second kappa shape index (κ2) is 5.34. The zero-order valence-corrected chi connectivity index (χ0v) is 12.9. The lowest BCUT2D eigenvalue weighted by Crippen LogP contribution is -2.37. The van der Waals surface area contributed by atoms with E-state index in [1.54, 1.807) is 6.07 Å². The average molecular weight is 378 g/mol. The lowest BCUT2D eigenvalue weighted by Gasteiger charge is -2.24. The molecule has 3 nitrogen and oxygen atoms in total. The molecule has 0 spiro atoms. The van der Waals surface area contributed by atoms with Crippen LogP contribution in [0, 0.1) is 0 Å². The van der Waals surface area contributed by atoms with Crippen molar-refractivity contribution in [1.29, 1.82) is 0 Å². The van der Waals surface area contributed by atoms with E-state index >= 15 is 0 Å². The van der Waals surface area contributed by atoms with E-state index in [2.05, 4.69) is 15.9 Å². The molecule has 0 aromatic carbocycles. The first-order valence-corrected chi connectivity index (χ1v) is 8.59. The average Bonchev–Trinajstić information content (AvgIpc) is 2.84. The Hall–Kier alpha value is -0.120. The first-order valence-electron chi connectivity index (χ1n) is 5.54. The predicted octanol–water partition coefficient (Wildman–Crippen LogP) is 3.62. The molecule has 1 saturated heterocycles. The van der Waals surface area contributed by atoms with E-state index in [9.17, 15) is 21.6 Å². The number of hydrogen-bond donors (Lipinski definition) is 0. The van der Waals surface area contributed by atoms with Gasteiger partial charge in [-0.05, 0) is 40.9 Å². The summed E-state index contributed by atoms with van der Waals surface area (Å²) in [6, 6.07) is 2.00. The molecule has 1 atom stereocenters. The molecule has 19 heavy (non-hydrogen) atoms. The molecule has 0 saturated carbocycles. The van der Waals surface area contributed by atoms with Crippen molar-refractivity contribution >= 4 is 37.3 Å². The number of halogens is 4. The molecule has 1 aromatic rings. The zero-order valence-electron chi connectivity index (χ0n) is 9.65. The number of nitrogens with zero attached hydrogens (tertiary/aromatic N) is 1. The topological polar surface area (TPSA) is 37.4 Å². The minimum atomic E-state index is -4.35. The van der Waals surface area contributed by atoms with Crippen molar-refractivity contribution in [3.05, 3.63) is 15.9 Å². The quantitative estimate of drug-likeness (QED) is 0.806. The lowest BCUT2D eigenvalue weighted by atomic mass is 10.1. The zero-order chi connectivity index (χ0) is 14.3. The fourth-order valence-corrected chi connectivity index (χ4v) is 5.98. The third-order valence-corrected chi connectivity index (χ3v) is 6.94. The van der Waals surface area contributed by atoms with Gasteiger partial charge in [0.25, 0.3) is 10.0 Å². The minimum absolute atomic E-state index is 0.0773. The highest BCUT2D eigenvalue weighted by Crippen LogP contribution is 2.36. The highest BCUT2D eigenvalue weighted by molar-refractivity contribution is 9.11. The maximum Gasteiger partial charge on any atom is 0.390 e.